The first-order valence-corrected chi connectivity index (χ1v) is 8.07. The van der Waals surface area contributed by atoms with Crippen molar-refractivity contribution in [2.75, 3.05) is 19.8 Å². The molecule has 0 spiro atoms. The van der Waals surface area contributed by atoms with Crippen molar-refractivity contribution in [3.63, 3.8) is 0 Å². The molecular weight excluding hydrogens is 292 g/mol. The standard InChI is InChI=1S/C19H24O4/c1-3-4-11-22-13-18(21)16-9-10-19(23-12-14(2)20)17-8-6-5-7-15(16)17/h5-10,14,20H,3-4,11-13H2,1-2H3/t14-/m0/s1. The lowest BCUT2D eigenvalue weighted by molar-refractivity contribution is 0.0756. The quantitative estimate of drug-likeness (QED) is 0.567. The van der Waals surface area contributed by atoms with E-state index >= 15 is 0 Å². The second kappa shape index (κ2) is 8.65. The van der Waals surface area contributed by atoms with Gasteiger partial charge in [0.05, 0.1) is 6.10 Å². The summed E-state index contributed by atoms with van der Waals surface area (Å²) in [6, 6.07) is 11.2. The van der Waals surface area contributed by atoms with Crippen molar-refractivity contribution in [3.05, 3.63) is 42.0 Å². The fraction of sp³-hybridized carbons (Fsp3) is 0.421. The Morgan fingerprint density at radius 3 is 2.61 bits per heavy atom. The zero-order chi connectivity index (χ0) is 16.7. The molecule has 2 aromatic carbocycles. The number of Topliss-reactive ketones (excluding diaryl/α,β-unsaturated/α-hetero) is 1. The number of aliphatic hydroxyl groups is 1. The summed E-state index contributed by atoms with van der Waals surface area (Å²) < 4.78 is 11.1. The lowest BCUT2D eigenvalue weighted by Crippen LogP contribution is -2.14. The zero-order valence-corrected chi connectivity index (χ0v) is 13.7. The van der Waals surface area contributed by atoms with E-state index in [9.17, 15) is 9.90 Å². The molecule has 0 heterocycles. The molecule has 23 heavy (non-hydrogen) atoms. The lowest BCUT2D eigenvalue weighted by Gasteiger charge is -2.13. The predicted octanol–water partition coefficient (Wildman–Crippen LogP) is 3.60. The van der Waals surface area contributed by atoms with Gasteiger partial charge in [0.2, 0.25) is 0 Å². The van der Waals surface area contributed by atoms with Crippen LogP contribution in [0.2, 0.25) is 0 Å². The van der Waals surface area contributed by atoms with Crippen molar-refractivity contribution in [3.8, 4) is 5.75 Å². The molecule has 0 radical (unpaired) electrons. The number of aliphatic hydroxyl groups excluding tert-OH is 1. The second-order valence-corrected chi connectivity index (χ2v) is 5.65. The van der Waals surface area contributed by atoms with Crippen LogP contribution in [-0.4, -0.2) is 36.8 Å². The van der Waals surface area contributed by atoms with Crippen LogP contribution in [0, 0.1) is 0 Å². The summed E-state index contributed by atoms with van der Waals surface area (Å²) >= 11 is 0. The first-order valence-electron chi connectivity index (χ1n) is 8.07. The summed E-state index contributed by atoms with van der Waals surface area (Å²) in [5.74, 6) is 0.643. The predicted molar refractivity (Wildman–Crippen MR) is 91.2 cm³/mol. The third kappa shape index (κ3) is 4.78. The number of ether oxygens (including phenoxy) is 2. The van der Waals surface area contributed by atoms with Crippen molar-refractivity contribution < 1.29 is 19.4 Å². The second-order valence-electron chi connectivity index (χ2n) is 5.65. The molecule has 2 aromatic rings. The zero-order valence-electron chi connectivity index (χ0n) is 13.7. The van der Waals surface area contributed by atoms with Crippen LogP contribution in [-0.2, 0) is 4.74 Å². The summed E-state index contributed by atoms with van der Waals surface area (Å²) in [7, 11) is 0. The Bertz CT molecular complexity index is 649. The SMILES string of the molecule is CCCCOCC(=O)c1ccc(OC[C@H](C)O)c2ccccc12. The average molecular weight is 316 g/mol. The highest BCUT2D eigenvalue weighted by molar-refractivity contribution is 6.10. The number of carbonyl (C=O) groups excluding carboxylic acids is 1. The number of hydrogen-bond acceptors (Lipinski definition) is 4. The molecule has 0 aliphatic heterocycles. The number of unbranched alkanes of at least 4 members (excludes halogenated alkanes) is 1. The summed E-state index contributed by atoms with van der Waals surface area (Å²) in [6.07, 6.45) is 1.47. The maximum absolute atomic E-state index is 12.4. The highest BCUT2D eigenvalue weighted by Crippen LogP contribution is 2.29. The Labute approximate surface area is 137 Å². The summed E-state index contributed by atoms with van der Waals surface area (Å²) in [6.45, 7) is 4.68. The summed E-state index contributed by atoms with van der Waals surface area (Å²) in [4.78, 5) is 12.4. The van der Waals surface area contributed by atoms with Crippen LogP contribution in [0.15, 0.2) is 36.4 Å². The van der Waals surface area contributed by atoms with Crippen LogP contribution in [0.3, 0.4) is 0 Å². The minimum atomic E-state index is -0.540. The van der Waals surface area contributed by atoms with Gasteiger partial charge in [-0.3, -0.25) is 4.79 Å². The Hall–Kier alpha value is -1.91. The molecule has 2 rings (SSSR count). The molecule has 1 atom stereocenters. The maximum Gasteiger partial charge on any atom is 0.189 e. The van der Waals surface area contributed by atoms with Gasteiger partial charge in [-0.05, 0) is 30.9 Å². The van der Waals surface area contributed by atoms with Crippen LogP contribution in [0.5, 0.6) is 5.75 Å². The minimum Gasteiger partial charge on any atom is -0.490 e. The van der Waals surface area contributed by atoms with Gasteiger partial charge in [-0.1, -0.05) is 37.6 Å². The van der Waals surface area contributed by atoms with Gasteiger partial charge in [-0.15, -0.1) is 0 Å². The molecule has 0 fully saturated rings. The van der Waals surface area contributed by atoms with Crippen LogP contribution < -0.4 is 4.74 Å². The van der Waals surface area contributed by atoms with E-state index in [-0.39, 0.29) is 19.0 Å². The van der Waals surface area contributed by atoms with E-state index in [2.05, 4.69) is 6.92 Å². The average Bonchev–Trinajstić information content (AvgIpc) is 2.56. The fourth-order valence-corrected chi connectivity index (χ4v) is 2.34. The van der Waals surface area contributed by atoms with Gasteiger partial charge in [0.15, 0.2) is 5.78 Å². The van der Waals surface area contributed by atoms with Gasteiger partial charge in [0, 0.05) is 17.6 Å². The smallest absolute Gasteiger partial charge is 0.189 e. The van der Waals surface area contributed by atoms with E-state index in [4.69, 9.17) is 9.47 Å². The van der Waals surface area contributed by atoms with E-state index in [1.807, 2.05) is 24.3 Å². The minimum absolute atomic E-state index is 0.0284. The maximum atomic E-state index is 12.4. The van der Waals surface area contributed by atoms with E-state index in [1.165, 1.54) is 0 Å². The third-order valence-corrected chi connectivity index (χ3v) is 3.54. The topological polar surface area (TPSA) is 55.8 Å². The number of fused-ring (bicyclic) bond motifs is 1. The number of carbonyl (C=O) groups is 1. The number of hydrogen-bond donors (Lipinski definition) is 1. The molecule has 0 unspecified atom stereocenters. The molecule has 0 saturated carbocycles. The summed E-state index contributed by atoms with van der Waals surface area (Å²) in [5, 5.41) is 11.1. The van der Waals surface area contributed by atoms with Crippen LogP contribution >= 0.6 is 0 Å². The lowest BCUT2D eigenvalue weighted by atomic mass is 10.0. The molecule has 0 amide bonds. The van der Waals surface area contributed by atoms with Crippen molar-refractivity contribution >= 4 is 16.6 Å². The Kier molecular flexibility index (Phi) is 6.56. The molecular formula is C19H24O4. The van der Waals surface area contributed by atoms with Gasteiger partial charge in [0.25, 0.3) is 0 Å². The van der Waals surface area contributed by atoms with Crippen molar-refractivity contribution in [2.24, 2.45) is 0 Å². The molecule has 0 aliphatic carbocycles. The van der Waals surface area contributed by atoms with Crippen LogP contribution in [0.4, 0.5) is 0 Å². The van der Waals surface area contributed by atoms with Gasteiger partial charge in [0.1, 0.15) is 19.0 Å². The summed E-state index contributed by atoms with van der Waals surface area (Å²) in [5.41, 5.74) is 0.640. The van der Waals surface area contributed by atoms with E-state index in [1.54, 1.807) is 19.1 Å². The molecule has 4 heteroatoms. The van der Waals surface area contributed by atoms with Gasteiger partial charge in [-0.25, -0.2) is 0 Å². The van der Waals surface area contributed by atoms with Gasteiger partial charge < -0.3 is 14.6 Å². The number of rotatable bonds is 9. The first kappa shape index (κ1) is 17.4. The normalized spacial score (nSPS) is 12.3. The van der Waals surface area contributed by atoms with Crippen LogP contribution in [0.25, 0.3) is 10.8 Å². The monoisotopic (exact) mass is 316 g/mol. The highest BCUT2D eigenvalue weighted by Gasteiger charge is 2.13. The first-order chi connectivity index (χ1) is 11.1. The molecule has 0 aliphatic rings. The molecule has 0 aromatic heterocycles. The molecule has 4 nitrogen and oxygen atoms in total. The molecule has 1 N–H and O–H groups in total. The molecule has 0 saturated heterocycles. The fourth-order valence-electron chi connectivity index (χ4n) is 2.34. The Morgan fingerprint density at radius 2 is 1.91 bits per heavy atom. The molecule has 0 bridgehead atoms. The van der Waals surface area contributed by atoms with Gasteiger partial charge >= 0.3 is 0 Å². The van der Waals surface area contributed by atoms with Gasteiger partial charge in [-0.2, -0.15) is 0 Å². The van der Waals surface area contributed by atoms with E-state index in [0.29, 0.717) is 17.9 Å². The largest absolute Gasteiger partial charge is 0.490 e. The van der Waals surface area contributed by atoms with Crippen molar-refractivity contribution in [2.45, 2.75) is 32.8 Å². The third-order valence-electron chi connectivity index (χ3n) is 3.54. The van der Waals surface area contributed by atoms with Crippen molar-refractivity contribution in [1.29, 1.82) is 0 Å². The van der Waals surface area contributed by atoms with Crippen LogP contribution in [0.1, 0.15) is 37.0 Å². The Morgan fingerprint density at radius 1 is 1.17 bits per heavy atom. The van der Waals surface area contributed by atoms with E-state index in [0.717, 1.165) is 23.6 Å². The number of benzene rings is 2. The number of ketones is 1. The van der Waals surface area contributed by atoms with E-state index < -0.39 is 6.10 Å². The highest BCUT2D eigenvalue weighted by atomic mass is 16.5. The Balaban J connectivity index is 2.21. The molecule has 124 valence electrons. The van der Waals surface area contributed by atoms with Crippen molar-refractivity contribution in [1.82, 2.24) is 0 Å².